The molecular formula is C20H28N4O4S. The molecule has 2 fully saturated rings. The van der Waals surface area contributed by atoms with E-state index in [0.29, 0.717) is 6.61 Å². The fourth-order valence-corrected chi connectivity index (χ4v) is 4.30. The summed E-state index contributed by atoms with van der Waals surface area (Å²) >= 11 is 1.01. The summed E-state index contributed by atoms with van der Waals surface area (Å²) in [5.74, 6) is 0.809. The largest absolute Gasteiger partial charge is 0.492 e. The summed E-state index contributed by atoms with van der Waals surface area (Å²) in [6.45, 7) is 8.18. The van der Waals surface area contributed by atoms with Crippen LogP contribution in [-0.2, 0) is 9.59 Å². The number of thioether (sulfide) groups is 1. The zero-order valence-electron chi connectivity index (χ0n) is 16.9. The number of ether oxygens (including phenoxy) is 1. The number of nitrogens with one attached hydrogen (secondary N) is 1. The number of para-hydroxylation sites is 2. The Labute approximate surface area is 175 Å². The number of nitrogens with zero attached hydrogens (tertiary/aromatic N) is 3. The van der Waals surface area contributed by atoms with Crippen LogP contribution < -0.4 is 15.0 Å². The van der Waals surface area contributed by atoms with Gasteiger partial charge in [0.2, 0.25) is 11.8 Å². The second kappa shape index (κ2) is 9.98. The van der Waals surface area contributed by atoms with Crippen molar-refractivity contribution in [3.8, 4) is 5.75 Å². The Morgan fingerprint density at radius 2 is 1.93 bits per heavy atom. The average molecular weight is 421 g/mol. The van der Waals surface area contributed by atoms with Gasteiger partial charge in [-0.15, -0.1) is 0 Å². The van der Waals surface area contributed by atoms with Crippen molar-refractivity contribution in [3.63, 3.8) is 0 Å². The van der Waals surface area contributed by atoms with Crippen LogP contribution in [0.2, 0.25) is 0 Å². The summed E-state index contributed by atoms with van der Waals surface area (Å²) in [6, 6.07) is 7.76. The van der Waals surface area contributed by atoms with E-state index in [2.05, 4.69) is 21.2 Å². The van der Waals surface area contributed by atoms with Gasteiger partial charge in [-0.1, -0.05) is 23.9 Å². The van der Waals surface area contributed by atoms with Gasteiger partial charge in [0.25, 0.3) is 5.24 Å². The van der Waals surface area contributed by atoms with E-state index >= 15 is 0 Å². The molecule has 9 heteroatoms. The second-order valence-corrected chi connectivity index (χ2v) is 7.92. The molecule has 2 aliphatic rings. The van der Waals surface area contributed by atoms with Crippen molar-refractivity contribution in [2.75, 3.05) is 56.5 Å². The van der Waals surface area contributed by atoms with Crippen molar-refractivity contribution in [2.45, 2.75) is 19.9 Å². The minimum atomic E-state index is -0.265. The van der Waals surface area contributed by atoms with Crippen molar-refractivity contribution in [1.29, 1.82) is 0 Å². The highest BCUT2D eigenvalue weighted by molar-refractivity contribution is 8.14. The highest BCUT2D eigenvalue weighted by Crippen LogP contribution is 2.29. The fourth-order valence-electron chi connectivity index (χ4n) is 3.55. The SMILES string of the molecule is CCOc1ccccc1N1CCN([C@@H](C)C(=O)NCCN2C(=O)CSC2=O)CC1. The van der Waals surface area contributed by atoms with E-state index in [1.807, 2.05) is 32.0 Å². The first-order valence-electron chi connectivity index (χ1n) is 9.97. The third-order valence-corrected chi connectivity index (χ3v) is 6.08. The Hall–Kier alpha value is -2.26. The number of hydrogen-bond donors (Lipinski definition) is 1. The number of hydrogen-bond acceptors (Lipinski definition) is 7. The van der Waals surface area contributed by atoms with E-state index in [1.165, 1.54) is 4.90 Å². The Balaban J connectivity index is 1.46. The number of amides is 3. The standard InChI is InChI=1S/C20H28N4O4S/c1-3-28-17-7-5-4-6-16(17)23-12-10-22(11-13-23)15(2)19(26)21-8-9-24-18(25)14-29-20(24)27/h4-7,15H,3,8-14H2,1-2H3,(H,21,26)/t15-/m0/s1. The minimum Gasteiger partial charge on any atom is -0.492 e. The zero-order chi connectivity index (χ0) is 20.8. The number of carbonyl (C=O) groups excluding carboxylic acids is 3. The number of piperazine rings is 1. The number of benzene rings is 1. The summed E-state index contributed by atoms with van der Waals surface area (Å²) in [6.07, 6.45) is 0. The molecule has 2 aliphatic heterocycles. The smallest absolute Gasteiger partial charge is 0.288 e. The summed E-state index contributed by atoms with van der Waals surface area (Å²) in [5, 5.41) is 2.61. The lowest BCUT2D eigenvalue weighted by atomic mass is 10.2. The summed E-state index contributed by atoms with van der Waals surface area (Å²) in [4.78, 5) is 41.3. The first kappa shape index (κ1) is 21.4. The van der Waals surface area contributed by atoms with Crippen molar-refractivity contribution in [3.05, 3.63) is 24.3 Å². The lowest BCUT2D eigenvalue weighted by Gasteiger charge is -2.39. The summed E-state index contributed by atoms with van der Waals surface area (Å²) in [5.41, 5.74) is 1.09. The van der Waals surface area contributed by atoms with Gasteiger partial charge in [-0.25, -0.2) is 0 Å². The van der Waals surface area contributed by atoms with Crippen LogP contribution in [0.15, 0.2) is 24.3 Å². The molecule has 1 aromatic carbocycles. The molecule has 3 rings (SSSR count). The molecule has 158 valence electrons. The molecule has 29 heavy (non-hydrogen) atoms. The first-order chi connectivity index (χ1) is 14.0. The quantitative estimate of drug-likeness (QED) is 0.681. The molecule has 2 saturated heterocycles. The van der Waals surface area contributed by atoms with Crippen LogP contribution in [0, 0.1) is 0 Å². The Morgan fingerprint density at radius 1 is 1.21 bits per heavy atom. The van der Waals surface area contributed by atoms with E-state index in [9.17, 15) is 14.4 Å². The molecule has 2 heterocycles. The van der Waals surface area contributed by atoms with Crippen molar-refractivity contribution in [1.82, 2.24) is 15.1 Å². The van der Waals surface area contributed by atoms with Gasteiger partial charge in [0.05, 0.1) is 24.1 Å². The van der Waals surface area contributed by atoms with Crippen molar-refractivity contribution >= 4 is 34.5 Å². The van der Waals surface area contributed by atoms with Gasteiger partial charge < -0.3 is 15.0 Å². The predicted molar refractivity (Wildman–Crippen MR) is 113 cm³/mol. The van der Waals surface area contributed by atoms with Gasteiger partial charge in [0.15, 0.2) is 0 Å². The highest BCUT2D eigenvalue weighted by atomic mass is 32.2. The molecule has 0 bridgehead atoms. The van der Waals surface area contributed by atoms with Gasteiger partial charge in [-0.05, 0) is 26.0 Å². The maximum atomic E-state index is 12.5. The van der Waals surface area contributed by atoms with Crippen LogP contribution in [-0.4, -0.2) is 84.5 Å². The zero-order valence-corrected chi connectivity index (χ0v) is 17.7. The van der Waals surface area contributed by atoms with Crippen LogP contribution in [0.1, 0.15) is 13.8 Å². The third kappa shape index (κ3) is 5.22. The van der Waals surface area contributed by atoms with Crippen LogP contribution in [0.3, 0.4) is 0 Å². The van der Waals surface area contributed by atoms with E-state index in [0.717, 1.165) is 49.4 Å². The van der Waals surface area contributed by atoms with Crippen LogP contribution in [0.4, 0.5) is 10.5 Å². The molecule has 0 spiro atoms. The van der Waals surface area contributed by atoms with Gasteiger partial charge >= 0.3 is 0 Å². The molecule has 3 amide bonds. The van der Waals surface area contributed by atoms with Crippen LogP contribution >= 0.6 is 11.8 Å². The number of rotatable bonds is 8. The number of carbonyl (C=O) groups is 3. The Bertz CT molecular complexity index is 736. The molecule has 0 aliphatic carbocycles. The Kier molecular flexibility index (Phi) is 7.38. The van der Waals surface area contributed by atoms with Gasteiger partial charge in [-0.3, -0.25) is 24.2 Å². The van der Waals surface area contributed by atoms with Gasteiger partial charge in [-0.2, -0.15) is 0 Å². The van der Waals surface area contributed by atoms with E-state index in [4.69, 9.17) is 4.74 Å². The molecule has 0 radical (unpaired) electrons. The van der Waals surface area contributed by atoms with E-state index in [1.54, 1.807) is 0 Å². The van der Waals surface area contributed by atoms with Crippen molar-refractivity contribution in [2.24, 2.45) is 0 Å². The lowest BCUT2D eigenvalue weighted by Crippen LogP contribution is -2.54. The molecule has 0 aromatic heterocycles. The fraction of sp³-hybridized carbons (Fsp3) is 0.550. The molecule has 1 atom stereocenters. The van der Waals surface area contributed by atoms with Crippen molar-refractivity contribution < 1.29 is 19.1 Å². The second-order valence-electron chi connectivity index (χ2n) is 6.99. The lowest BCUT2D eigenvalue weighted by molar-refractivity contribution is -0.127. The predicted octanol–water partition coefficient (Wildman–Crippen LogP) is 1.41. The minimum absolute atomic E-state index is 0.0834. The third-order valence-electron chi connectivity index (χ3n) is 5.22. The molecule has 1 N–H and O–H groups in total. The number of anilines is 1. The van der Waals surface area contributed by atoms with Crippen LogP contribution in [0.25, 0.3) is 0 Å². The first-order valence-corrected chi connectivity index (χ1v) is 11.0. The summed E-state index contributed by atoms with van der Waals surface area (Å²) in [7, 11) is 0. The topological polar surface area (TPSA) is 82.2 Å². The number of imide groups is 1. The summed E-state index contributed by atoms with van der Waals surface area (Å²) < 4.78 is 5.73. The van der Waals surface area contributed by atoms with Gasteiger partial charge in [0, 0.05) is 39.3 Å². The maximum absolute atomic E-state index is 12.5. The highest BCUT2D eigenvalue weighted by Gasteiger charge is 2.30. The average Bonchev–Trinajstić information content (AvgIpc) is 3.06. The molecule has 1 aromatic rings. The van der Waals surface area contributed by atoms with E-state index < -0.39 is 0 Å². The van der Waals surface area contributed by atoms with Crippen LogP contribution in [0.5, 0.6) is 5.75 Å². The van der Waals surface area contributed by atoms with E-state index in [-0.39, 0.29) is 41.9 Å². The van der Waals surface area contributed by atoms with Gasteiger partial charge in [0.1, 0.15) is 5.75 Å². The maximum Gasteiger partial charge on any atom is 0.288 e. The monoisotopic (exact) mass is 420 g/mol. The molecule has 0 saturated carbocycles. The molecule has 0 unspecified atom stereocenters. The molecule has 8 nitrogen and oxygen atoms in total. The molecular weight excluding hydrogens is 392 g/mol. The normalized spacial score (nSPS) is 18.8. The Morgan fingerprint density at radius 3 is 2.59 bits per heavy atom.